The number of rotatable bonds is 4. The Labute approximate surface area is 127 Å². The predicted octanol–water partition coefficient (Wildman–Crippen LogP) is 2.94. The highest BCUT2D eigenvalue weighted by Crippen LogP contribution is 2.25. The quantitative estimate of drug-likeness (QED) is 0.515. The summed E-state index contributed by atoms with van der Waals surface area (Å²) >= 11 is 5.96. The number of nitrogens with zero attached hydrogens (tertiary/aromatic N) is 1. The van der Waals surface area contributed by atoms with Crippen molar-refractivity contribution in [1.82, 2.24) is 0 Å². The average Bonchev–Trinajstić information content (AvgIpc) is 2.42. The second-order valence-corrected chi connectivity index (χ2v) is 6.56. The summed E-state index contributed by atoms with van der Waals surface area (Å²) in [5.41, 5.74) is 1.54. The first-order valence-corrected chi connectivity index (χ1v) is 8.23. The predicted molar refractivity (Wildman–Crippen MR) is 83.8 cm³/mol. The summed E-state index contributed by atoms with van der Waals surface area (Å²) in [7, 11) is -3.47. The molecule has 0 aromatic heterocycles. The molecule has 2 aromatic rings. The van der Waals surface area contributed by atoms with Gasteiger partial charge in [-0.15, -0.1) is 0 Å². The fraction of sp³-hybridized carbons (Fsp3) is 0.0714. The van der Waals surface area contributed by atoms with Gasteiger partial charge in [0.1, 0.15) is 5.71 Å². The first kappa shape index (κ1) is 15.3. The Balaban J connectivity index is 2.58. The Kier molecular flexibility index (Phi) is 4.50. The van der Waals surface area contributed by atoms with Crippen molar-refractivity contribution in [3.63, 3.8) is 0 Å². The van der Waals surface area contributed by atoms with Crippen LogP contribution in [-0.4, -0.2) is 25.6 Å². The molecule has 21 heavy (non-hydrogen) atoms. The lowest BCUT2D eigenvalue weighted by Gasteiger charge is -2.12. The van der Waals surface area contributed by atoms with Crippen LogP contribution in [0.1, 0.15) is 11.1 Å². The van der Waals surface area contributed by atoms with Crippen LogP contribution in [0.4, 0.5) is 5.69 Å². The summed E-state index contributed by atoms with van der Waals surface area (Å²) in [4.78, 5) is 0. The topological polar surface area (TPSA) is 78.8 Å². The molecule has 0 amide bonds. The molecule has 5 nitrogen and oxygen atoms in total. The number of hydrogen-bond donors (Lipinski definition) is 2. The molecule has 0 aliphatic heterocycles. The van der Waals surface area contributed by atoms with Crippen LogP contribution >= 0.6 is 11.6 Å². The molecule has 7 heteroatoms. The van der Waals surface area contributed by atoms with Gasteiger partial charge in [0.15, 0.2) is 0 Å². The summed E-state index contributed by atoms with van der Waals surface area (Å²) < 4.78 is 25.3. The first-order chi connectivity index (χ1) is 9.90. The van der Waals surface area contributed by atoms with E-state index in [1.165, 1.54) is 12.1 Å². The van der Waals surface area contributed by atoms with E-state index >= 15 is 0 Å². The van der Waals surface area contributed by atoms with E-state index in [0.717, 1.165) is 6.26 Å². The van der Waals surface area contributed by atoms with Crippen molar-refractivity contribution in [2.24, 2.45) is 5.16 Å². The standard InChI is InChI=1S/C14H13ClN2O3S/c1-21(19,20)17-13-8-7-11(15)9-12(13)14(16-18)10-5-3-2-4-6-10/h2-9,17-18H,1H3/b16-14+. The SMILES string of the molecule is CS(=O)(=O)Nc1ccc(Cl)cc1/C(=N/O)c1ccccc1. The molecule has 0 spiro atoms. The van der Waals surface area contributed by atoms with Gasteiger partial charge in [-0.1, -0.05) is 47.1 Å². The molecule has 2 aromatic carbocycles. The van der Waals surface area contributed by atoms with E-state index in [1.807, 2.05) is 6.07 Å². The highest BCUT2D eigenvalue weighted by Gasteiger charge is 2.15. The van der Waals surface area contributed by atoms with Crippen LogP contribution in [0.3, 0.4) is 0 Å². The maximum Gasteiger partial charge on any atom is 0.229 e. The Bertz CT molecular complexity index is 774. The van der Waals surface area contributed by atoms with E-state index in [1.54, 1.807) is 30.3 Å². The molecule has 0 saturated heterocycles. The summed E-state index contributed by atoms with van der Waals surface area (Å²) in [6.45, 7) is 0. The van der Waals surface area contributed by atoms with Gasteiger partial charge in [0.25, 0.3) is 0 Å². The minimum Gasteiger partial charge on any atom is -0.410 e. The second-order valence-electron chi connectivity index (χ2n) is 4.38. The molecule has 0 atom stereocenters. The van der Waals surface area contributed by atoms with Gasteiger partial charge in [0.2, 0.25) is 10.0 Å². The van der Waals surface area contributed by atoms with Crippen LogP contribution in [0.5, 0.6) is 0 Å². The summed E-state index contributed by atoms with van der Waals surface area (Å²) in [5, 5.41) is 13.0. The molecule has 0 radical (unpaired) electrons. The van der Waals surface area contributed by atoms with Crippen molar-refractivity contribution < 1.29 is 13.6 Å². The van der Waals surface area contributed by atoms with Crippen LogP contribution in [0.2, 0.25) is 5.02 Å². The maximum absolute atomic E-state index is 11.4. The Morgan fingerprint density at radius 2 is 1.86 bits per heavy atom. The normalized spacial score (nSPS) is 12.2. The van der Waals surface area contributed by atoms with E-state index in [9.17, 15) is 13.6 Å². The summed E-state index contributed by atoms with van der Waals surface area (Å²) in [5.74, 6) is 0. The third kappa shape index (κ3) is 3.96. The van der Waals surface area contributed by atoms with Crippen molar-refractivity contribution in [3.05, 3.63) is 64.7 Å². The highest BCUT2D eigenvalue weighted by atomic mass is 35.5. The smallest absolute Gasteiger partial charge is 0.229 e. The third-order valence-corrected chi connectivity index (χ3v) is 3.51. The van der Waals surface area contributed by atoms with E-state index in [-0.39, 0.29) is 5.71 Å². The van der Waals surface area contributed by atoms with Crippen LogP contribution in [0.15, 0.2) is 53.7 Å². The summed E-state index contributed by atoms with van der Waals surface area (Å²) in [6.07, 6.45) is 1.05. The molecule has 2 N–H and O–H groups in total. The van der Waals surface area contributed by atoms with Crippen molar-refractivity contribution in [2.75, 3.05) is 11.0 Å². The highest BCUT2D eigenvalue weighted by molar-refractivity contribution is 7.92. The fourth-order valence-corrected chi connectivity index (χ4v) is 2.61. The van der Waals surface area contributed by atoms with Crippen molar-refractivity contribution in [2.45, 2.75) is 0 Å². The van der Waals surface area contributed by atoms with Gasteiger partial charge >= 0.3 is 0 Å². The molecule has 110 valence electrons. The first-order valence-electron chi connectivity index (χ1n) is 5.96. The average molecular weight is 325 g/mol. The zero-order chi connectivity index (χ0) is 15.5. The van der Waals surface area contributed by atoms with Crippen molar-refractivity contribution in [3.8, 4) is 0 Å². The number of oxime groups is 1. The Morgan fingerprint density at radius 1 is 1.19 bits per heavy atom. The van der Waals surface area contributed by atoms with Crippen LogP contribution in [0.25, 0.3) is 0 Å². The minimum absolute atomic E-state index is 0.226. The number of hydrogen-bond acceptors (Lipinski definition) is 4. The number of halogens is 1. The molecule has 0 bridgehead atoms. The molecule has 0 saturated carbocycles. The van der Waals surface area contributed by atoms with Crippen LogP contribution in [0, 0.1) is 0 Å². The fourth-order valence-electron chi connectivity index (χ4n) is 1.86. The zero-order valence-corrected chi connectivity index (χ0v) is 12.7. The van der Waals surface area contributed by atoms with Crippen LogP contribution < -0.4 is 4.72 Å². The van der Waals surface area contributed by atoms with E-state index in [2.05, 4.69) is 9.88 Å². The van der Waals surface area contributed by atoms with E-state index < -0.39 is 10.0 Å². The number of nitrogens with one attached hydrogen (secondary N) is 1. The number of sulfonamides is 1. The lowest BCUT2D eigenvalue weighted by molar-refractivity contribution is 0.319. The van der Waals surface area contributed by atoms with Gasteiger partial charge in [-0.3, -0.25) is 4.72 Å². The monoisotopic (exact) mass is 324 g/mol. The van der Waals surface area contributed by atoms with Gasteiger partial charge in [0.05, 0.1) is 11.9 Å². The van der Waals surface area contributed by atoms with Gasteiger partial charge in [-0.2, -0.15) is 0 Å². The van der Waals surface area contributed by atoms with Gasteiger partial charge in [0, 0.05) is 16.1 Å². The molecule has 0 heterocycles. The van der Waals surface area contributed by atoms with Gasteiger partial charge < -0.3 is 5.21 Å². The van der Waals surface area contributed by atoms with Gasteiger partial charge in [-0.25, -0.2) is 8.42 Å². The van der Waals surface area contributed by atoms with Crippen LogP contribution in [-0.2, 0) is 10.0 Å². The minimum atomic E-state index is -3.47. The van der Waals surface area contributed by atoms with E-state index in [4.69, 9.17) is 11.6 Å². The number of benzene rings is 2. The van der Waals surface area contributed by atoms with Gasteiger partial charge in [-0.05, 0) is 18.2 Å². The Hall–Kier alpha value is -2.05. The van der Waals surface area contributed by atoms with Crippen molar-refractivity contribution >= 4 is 33.0 Å². The molecule has 2 rings (SSSR count). The largest absolute Gasteiger partial charge is 0.410 e. The molecule has 0 fully saturated rings. The molecule has 0 aliphatic rings. The van der Waals surface area contributed by atoms with E-state index in [0.29, 0.717) is 21.8 Å². The molecular formula is C14H13ClN2O3S. The number of anilines is 1. The lowest BCUT2D eigenvalue weighted by Crippen LogP contribution is -2.14. The molecule has 0 unspecified atom stereocenters. The molecule has 0 aliphatic carbocycles. The second kappa shape index (κ2) is 6.15. The maximum atomic E-state index is 11.4. The van der Waals surface area contributed by atoms with Crippen molar-refractivity contribution in [1.29, 1.82) is 0 Å². The third-order valence-electron chi connectivity index (χ3n) is 2.68. The zero-order valence-electron chi connectivity index (χ0n) is 11.1. The lowest BCUT2D eigenvalue weighted by atomic mass is 10.0. The summed E-state index contributed by atoms with van der Waals surface area (Å²) in [6, 6.07) is 13.5. The molecular weight excluding hydrogens is 312 g/mol. The Morgan fingerprint density at radius 3 is 2.43 bits per heavy atom.